The predicted octanol–water partition coefficient (Wildman–Crippen LogP) is 3.36. The van der Waals surface area contributed by atoms with Gasteiger partial charge in [-0.1, -0.05) is 12.1 Å². The van der Waals surface area contributed by atoms with Gasteiger partial charge in [0.25, 0.3) is 11.5 Å². The van der Waals surface area contributed by atoms with E-state index >= 15 is 0 Å². The molecule has 3 aromatic rings. The Kier molecular flexibility index (Phi) is 6.71. The number of piperidine rings is 1. The van der Waals surface area contributed by atoms with E-state index in [2.05, 4.69) is 20.3 Å². The molecule has 0 saturated carbocycles. The zero-order chi connectivity index (χ0) is 23.7. The molecule has 4 rings (SSSR count). The molecular formula is C24H28FN5O2S. The van der Waals surface area contributed by atoms with Gasteiger partial charge in [0.05, 0.1) is 17.0 Å². The number of thiazole rings is 1. The van der Waals surface area contributed by atoms with Crippen LogP contribution in [-0.4, -0.2) is 44.7 Å². The summed E-state index contributed by atoms with van der Waals surface area (Å²) in [7, 11) is 1.62. The highest BCUT2D eigenvalue weighted by atomic mass is 32.1. The van der Waals surface area contributed by atoms with Crippen molar-refractivity contribution in [1.82, 2.24) is 25.0 Å². The van der Waals surface area contributed by atoms with Gasteiger partial charge in [-0.15, -0.1) is 11.3 Å². The summed E-state index contributed by atoms with van der Waals surface area (Å²) in [5, 5.41) is 7.91. The fraction of sp³-hybridized carbons (Fsp3) is 0.417. The van der Waals surface area contributed by atoms with E-state index < -0.39 is 0 Å². The number of rotatable bonds is 5. The number of nitrogens with zero attached hydrogens (tertiary/aromatic N) is 4. The number of hydrogen-bond donors (Lipinski definition) is 1. The molecule has 0 unspecified atom stereocenters. The molecule has 1 fully saturated rings. The van der Waals surface area contributed by atoms with E-state index in [1.807, 2.05) is 26.0 Å². The second-order valence-corrected chi connectivity index (χ2v) is 9.60. The third kappa shape index (κ3) is 5.04. The van der Waals surface area contributed by atoms with Crippen molar-refractivity contribution >= 4 is 17.2 Å². The average molecular weight is 470 g/mol. The maximum atomic E-state index is 13.1. The summed E-state index contributed by atoms with van der Waals surface area (Å²) in [5.74, 6) is -0.371. The summed E-state index contributed by atoms with van der Waals surface area (Å²) in [5.41, 5.74) is 3.54. The minimum atomic E-state index is -0.226. The molecule has 0 radical (unpaired) electrons. The van der Waals surface area contributed by atoms with Gasteiger partial charge >= 0.3 is 0 Å². The molecule has 1 N–H and O–H groups in total. The summed E-state index contributed by atoms with van der Waals surface area (Å²) < 4.78 is 14.4. The number of aromatic nitrogens is 3. The lowest BCUT2D eigenvalue weighted by Gasteiger charge is -2.32. The average Bonchev–Trinajstić information content (AvgIpc) is 3.17. The van der Waals surface area contributed by atoms with Crippen LogP contribution in [0.4, 0.5) is 4.39 Å². The molecule has 0 aliphatic carbocycles. The number of likely N-dealkylation sites (tertiary alicyclic amines) is 1. The lowest BCUT2D eigenvalue weighted by Crippen LogP contribution is -2.44. The van der Waals surface area contributed by atoms with Crippen molar-refractivity contribution in [2.75, 3.05) is 13.1 Å². The van der Waals surface area contributed by atoms with Crippen LogP contribution >= 0.6 is 11.3 Å². The number of nitrogens with one attached hydrogen (secondary N) is 1. The second kappa shape index (κ2) is 9.52. The standard InChI is InChI=1S/C24H28FN5O2S/c1-14-15(2)28-29(4)24(32)20(14)23-26-16(3)21(33-23)22(31)27-19-9-11-30(12-10-19)13-17-5-7-18(25)8-6-17/h5-8,19H,9-13H2,1-4H3,(H,27,31). The first-order valence-electron chi connectivity index (χ1n) is 11.0. The van der Waals surface area contributed by atoms with Crippen LogP contribution in [0.25, 0.3) is 10.6 Å². The third-order valence-corrected chi connectivity index (χ3v) is 7.36. The minimum Gasteiger partial charge on any atom is -0.348 e. The Hall–Kier alpha value is -2.91. The number of carbonyl (C=O) groups excluding carboxylic acids is 1. The first kappa shape index (κ1) is 23.3. The van der Waals surface area contributed by atoms with Crippen LogP contribution in [0.1, 0.15) is 45.0 Å². The van der Waals surface area contributed by atoms with Crippen LogP contribution in [-0.2, 0) is 13.6 Å². The number of carbonyl (C=O) groups is 1. The van der Waals surface area contributed by atoms with E-state index in [0.29, 0.717) is 21.1 Å². The highest BCUT2D eigenvalue weighted by Gasteiger charge is 2.25. The van der Waals surface area contributed by atoms with Gasteiger partial charge in [0.2, 0.25) is 0 Å². The summed E-state index contributed by atoms with van der Waals surface area (Å²) in [6, 6.07) is 6.68. The number of halogens is 1. The maximum Gasteiger partial charge on any atom is 0.277 e. The lowest BCUT2D eigenvalue weighted by molar-refractivity contribution is 0.0912. The molecule has 1 aliphatic rings. The molecular weight excluding hydrogens is 441 g/mol. The van der Waals surface area contributed by atoms with Crippen molar-refractivity contribution in [2.24, 2.45) is 7.05 Å². The summed E-state index contributed by atoms with van der Waals surface area (Å²) in [4.78, 5) is 33.1. The van der Waals surface area contributed by atoms with Crippen LogP contribution in [0.5, 0.6) is 0 Å². The van der Waals surface area contributed by atoms with Crippen molar-refractivity contribution in [3.8, 4) is 10.6 Å². The summed E-state index contributed by atoms with van der Waals surface area (Å²) in [6.07, 6.45) is 1.70. The highest BCUT2D eigenvalue weighted by molar-refractivity contribution is 7.17. The molecule has 7 nitrogen and oxygen atoms in total. The summed E-state index contributed by atoms with van der Waals surface area (Å²) >= 11 is 1.25. The number of amides is 1. The van der Waals surface area contributed by atoms with Crippen LogP contribution in [0.2, 0.25) is 0 Å². The molecule has 1 aliphatic heterocycles. The molecule has 0 atom stereocenters. The monoisotopic (exact) mass is 469 g/mol. The van der Waals surface area contributed by atoms with Gasteiger partial charge in [-0.05, 0) is 56.9 Å². The predicted molar refractivity (Wildman–Crippen MR) is 127 cm³/mol. The van der Waals surface area contributed by atoms with E-state index in [9.17, 15) is 14.0 Å². The molecule has 1 aromatic carbocycles. The Morgan fingerprint density at radius 1 is 1.15 bits per heavy atom. The highest BCUT2D eigenvalue weighted by Crippen LogP contribution is 2.29. The molecule has 174 valence electrons. The van der Waals surface area contributed by atoms with Crippen LogP contribution < -0.4 is 10.9 Å². The SMILES string of the molecule is Cc1nc(-c2c(C)c(C)nn(C)c2=O)sc1C(=O)NC1CCN(Cc2ccc(F)cc2)CC1. The van der Waals surface area contributed by atoms with Gasteiger partial charge in [0, 0.05) is 32.7 Å². The topological polar surface area (TPSA) is 80.1 Å². The number of aryl methyl sites for hydroxylation is 3. The molecule has 3 heterocycles. The van der Waals surface area contributed by atoms with Crippen molar-refractivity contribution in [3.05, 3.63) is 67.8 Å². The lowest BCUT2D eigenvalue weighted by atomic mass is 10.0. The Morgan fingerprint density at radius 2 is 1.82 bits per heavy atom. The van der Waals surface area contributed by atoms with E-state index in [4.69, 9.17) is 0 Å². The Morgan fingerprint density at radius 3 is 2.48 bits per heavy atom. The van der Waals surface area contributed by atoms with Gasteiger partial charge in [-0.2, -0.15) is 5.10 Å². The molecule has 1 saturated heterocycles. The van der Waals surface area contributed by atoms with E-state index in [1.165, 1.54) is 28.2 Å². The number of hydrogen-bond acceptors (Lipinski definition) is 6. The van der Waals surface area contributed by atoms with Gasteiger partial charge in [0.1, 0.15) is 15.7 Å². The zero-order valence-electron chi connectivity index (χ0n) is 19.3. The second-order valence-electron chi connectivity index (χ2n) is 8.60. The fourth-order valence-corrected chi connectivity index (χ4v) is 5.21. The van der Waals surface area contributed by atoms with Crippen LogP contribution in [0.15, 0.2) is 29.1 Å². The van der Waals surface area contributed by atoms with E-state index in [-0.39, 0.29) is 23.3 Å². The maximum absolute atomic E-state index is 13.1. The molecule has 9 heteroatoms. The third-order valence-electron chi connectivity index (χ3n) is 6.18. The molecule has 33 heavy (non-hydrogen) atoms. The van der Waals surface area contributed by atoms with Crippen molar-refractivity contribution in [2.45, 2.75) is 46.2 Å². The van der Waals surface area contributed by atoms with Crippen LogP contribution in [0, 0.1) is 26.6 Å². The van der Waals surface area contributed by atoms with Gasteiger partial charge < -0.3 is 5.32 Å². The smallest absolute Gasteiger partial charge is 0.277 e. The summed E-state index contributed by atoms with van der Waals surface area (Å²) in [6.45, 7) is 8.01. The number of benzene rings is 1. The Balaban J connectivity index is 1.41. The molecule has 1 amide bonds. The first-order chi connectivity index (χ1) is 15.7. The van der Waals surface area contributed by atoms with Gasteiger partial charge in [-0.3, -0.25) is 14.5 Å². The molecule has 2 aromatic heterocycles. The quantitative estimate of drug-likeness (QED) is 0.620. The minimum absolute atomic E-state index is 0.0877. The van der Waals surface area contributed by atoms with Crippen molar-refractivity contribution in [1.29, 1.82) is 0 Å². The van der Waals surface area contributed by atoms with Crippen molar-refractivity contribution in [3.63, 3.8) is 0 Å². The molecule has 0 spiro atoms. The fourth-order valence-electron chi connectivity index (χ4n) is 4.15. The van der Waals surface area contributed by atoms with Crippen molar-refractivity contribution < 1.29 is 9.18 Å². The Labute approximate surface area is 196 Å². The van der Waals surface area contributed by atoms with E-state index in [1.54, 1.807) is 14.0 Å². The largest absolute Gasteiger partial charge is 0.348 e. The normalized spacial score (nSPS) is 15.1. The molecule has 0 bridgehead atoms. The van der Waals surface area contributed by atoms with Crippen LogP contribution in [0.3, 0.4) is 0 Å². The Bertz CT molecular complexity index is 1230. The van der Waals surface area contributed by atoms with E-state index in [0.717, 1.165) is 49.3 Å². The zero-order valence-corrected chi connectivity index (χ0v) is 20.1. The van der Waals surface area contributed by atoms with Gasteiger partial charge in [-0.25, -0.2) is 14.1 Å². The van der Waals surface area contributed by atoms with Gasteiger partial charge in [0.15, 0.2) is 0 Å². The first-order valence-corrected chi connectivity index (χ1v) is 11.8.